The largest absolute Gasteiger partial charge is 0.493 e. The predicted molar refractivity (Wildman–Crippen MR) is 117 cm³/mol. The lowest BCUT2D eigenvalue weighted by molar-refractivity contribution is -0.159. The van der Waals surface area contributed by atoms with Gasteiger partial charge in [-0.1, -0.05) is 29.8 Å². The summed E-state index contributed by atoms with van der Waals surface area (Å²) in [6.07, 6.45) is 0. The lowest BCUT2D eigenvalue weighted by Gasteiger charge is -2.34. The molecule has 0 atom stereocenters. The zero-order valence-electron chi connectivity index (χ0n) is 17.6. The fourth-order valence-corrected chi connectivity index (χ4v) is 3.32. The van der Waals surface area contributed by atoms with E-state index in [-0.39, 0.29) is 0 Å². The van der Waals surface area contributed by atoms with Crippen molar-refractivity contribution >= 4 is 23.5 Å². The number of carboxylic acid groups (broad SMARTS) is 2. The summed E-state index contributed by atoms with van der Waals surface area (Å²) in [5, 5.41) is 15.6. The first-order valence-electron chi connectivity index (χ1n) is 9.68. The summed E-state index contributed by atoms with van der Waals surface area (Å²) >= 11 is 5.95. The number of carbonyl (C=O) groups is 2. The number of aliphatic carboxylic acids is 2. The molecule has 0 unspecified atom stereocenters. The Balaban J connectivity index is 0.000000501. The second-order valence-electron chi connectivity index (χ2n) is 6.98. The molecule has 0 amide bonds. The van der Waals surface area contributed by atoms with Crippen molar-refractivity contribution in [2.24, 2.45) is 0 Å². The fourth-order valence-electron chi connectivity index (χ4n) is 3.19. The van der Waals surface area contributed by atoms with Crippen LogP contribution in [0.4, 0.5) is 0 Å². The molecular weight excluding hydrogens is 424 g/mol. The molecule has 168 valence electrons. The minimum atomic E-state index is -1.82. The molecule has 1 heterocycles. The van der Waals surface area contributed by atoms with Crippen LogP contribution < -0.4 is 9.47 Å². The van der Waals surface area contributed by atoms with Gasteiger partial charge in [-0.3, -0.25) is 9.80 Å². The van der Waals surface area contributed by atoms with E-state index in [1.165, 1.54) is 11.1 Å². The molecule has 9 heteroatoms. The Labute approximate surface area is 186 Å². The highest BCUT2D eigenvalue weighted by atomic mass is 35.5. The number of hydrogen-bond donors (Lipinski definition) is 2. The quantitative estimate of drug-likeness (QED) is 0.648. The highest BCUT2D eigenvalue weighted by molar-refractivity contribution is 6.30. The minimum Gasteiger partial charge on any atom is -0.493 e. The predicted octanol–water partition coefficient (Wildman–Crippen LogP) is 2.83. The van der Waals surface area contributed by atoms with Crippen LogP contribution in [-0.4, -0.2) is 72.4 Å². The van der Waals surface area contributed by atoms with E-state index in [4.69, 9.17) is 40.9 Å². The van der Waals surface area contributed by atoms with Crippen molar-refractivity contribution in [3.63, 3.8) is 0 Å². The maximum Gasteiger partial charge on any atom is 0.414 e. The smallest absolute Gasteiger partial charge is 0.414 e. The fraction of sp³-hybridized carbons (Fsp3) is 0.364. The zero-order chi connectivity index (χ0) is 22.8. The molecule has 2 N–H and O–H groups in total. The molecule has 0 radical (unpaired) electrons. The molecule has 2 aromatic carbocycles. The van der Waals surface area contributed by atoms with Gasteiger partial charge in [-0.05, 0) is 35.4 Å². The monoisotopic (exact) mass is 450 g/mol. The Hall–Kier alpha value is -2.81. The number of benzene rings is 2. The summed E-state index contributed by atoms with van der Waals surface area (Å²) in [4.78, 5) is 23.2. The van der Waals surface area contributed by atoms with Gasteiger partial charge in [0, 0.05) is 44.3 Å². The van der Waals surface area contributed by atoms with Gasteiger partial charge in [-0.15, -0.1) is 0 Å². The third kappa shape index (κ3) is 8.09. The van der Waals surface area contributed by atoms with Crippen LogP contribution in [0.25, 0.3) is 0 Å². The van der Waals surface area contributed by atoms with Crippen LogP contribution >= 0.6 is 11.6 Å². The normalized spacial score (nSPS) is 14.3. The molecule has 8 nitrogen and oxygen atoms in total. The van der Waals surface area contributed by atoms with Crippen LogP contribution in [-0.2, 0) is 22.7 Å². The van der Waals surface area contributed by atoms with Crippen LogP contribution in [0.15, 0.2) is 42.5 Å². The van der Waals surface area contributed by atoms with Gasteiger partial charge in [0.1, 0.15) is 0 Å². The van der Waals surface area contributed by atoms with Gasteiger partial charge < -0.3 is 19.7 Å². The maximum absolute atomic E-state index is 9.10. The Morgan fingerprint density at radius 1 is 0.806 bits per heavy atom. The number of hydrogen-bond acceptors (Lipinski definition) is 6. The maximum atomic E-state index is 9.10. The lowest BCUT2D eigenvalue weighted by Crippen LogP contribution is -2.45. The van der Waals surface area contributed by atoms with Crippen LogP contribution in [0.5, 0.6) is 11.5 Å². The molecule has 0 spiro atoms. The molecule has 1 aliphatic rings. The molecule has 2 aromatic rings. The summed E-state index contributed by atoms with van der Waals surface area (Å²) in [6.45, 7) is 6.23. The average Bonchev–Trinajstić information content (AvgIpc) is 2.77. The van der Waals surface area contributed by atoms with Crippen LogP contribution in [0.2, 0.25) is 5.02 Å². The van der Waals surface area contributed by atoms with E-state index in [1.54, 1.807) is 14.2 Å². The van der Waals surface area contributed by atoms with Crippen molar-refractivity contribution in [2.45, 2.75) is 13.1 Å². The molecule has 1 fully saturated rings. The van der Waals surface area contributed by atoms with Gasteiger partial charge in [0.05, 0.1) is 14.2 Å². The number of rotatable bonds is 6. The number of carboxylic acids is 2. The molecule has 3 rings (SSSR count). The topological polar surface area (TPSA) is 99.5 Å². The van der Waals surface area contributed by atoms with E-state index in [1.807, 2.05) is 18.2 Å². The lowest BCUT2D eigenvalue weighted by atomic mass is 10.1. The summed E-state index contributed by atoms with van der Waals surface area (Å²) in [5.41, 5.74) is 2.57. The third-order valence-corrected chi connectivity index (χ3v) is 5.07. The van der Waals surface area contributed by atoms with Crippen molar-refractivity contribution < 1.29 is 29.3 Å². The van der Waals surface area contributed by atoms with Crippen LogP contribution in [0, 0.1) is 0 Å². The molecule has 1 aliphatic heterocycles. The van der Waals surface area contributed by atoms with Gasteiger partial charge in [-0.25, -0.2) is 9.59 Å². The summed E-state index contributed by atoms with van der Waals surface area (Å²) in [5.74, 6) is -2.08. The molecule has 31 heavy (non-hydrogen) atoms. The van der Waals surface area contributed by atoms with Gasteiger partial charge in [0.2, 0.25) is 0 Å². The first kappa shape index (κ1) is 24.5. The van der Waals surface area contributed by atoms with Gasteiger partial charge in [0.25, 0.3) is 0 Å². The number of nitrogens with zero attached hydrogens (tertiary/aromatic N) is 2. The van der Waals surface area contributed by atoms with Crippen molar-refractivity contribution in [3.8, 4) is 11.5 Å². The van der Waals surface area contributed by atoms with E-state index in [0.29, 0.717) is 0 Å². The second-order valence-corrected chi connectivity index (χ2v) is 7.41. The Kier molecular flexibility index (Phi) is 9.58. The number of piperazine rings is 1. The van der Waals surface area contributed by atoms with Gasteiger partial charge in [-0.2, -0.15) is 0 Å². The molecule has 0 saturated carbocycles. The number of halogens is 1. The van der Waals surface area contributed by atoms with Gasteiger partial charge in [0.15, 0.2) is 11.5 Å². The van der Waals surface area contributed by atoms with E-state index < -0.39 is 11.9 Å². The van der Waals surface area contributed by atoms with Crippen molar-refractivity contribution in [1.82, 2.24) is 9.80 Å². The van der Waals surface area contributed by atoms with Crippen LogP contribution in [0.1, 0.15) is 11.1 Å². The van der Waals surface area contributed by atoms with Crippen molar-refractivity contribution in [3.05, 3.63) is 58.6 Å². The van der Waals surface area contributed by atoms with E-state index >= 15 is 0 Å². The molecule has 1 saturated heterocycles. The average molecular weight is 451 g/mol. The van der Waals surface area contributed by atoms with E-state index in [0.717, 1.165) is 55.8 Å². The Morgan fingerprint density at radius 2 is 1.26 bits per heavy atom. The zero-order valence-corrected chi connectivity index (χ0v) is 18.3. The molecule has 0 aromatic heterocycles. The Bertz CT molecular complexity index is 855. The third-order valence-electron chi connectivity index (χ3n) is 4.82. The second kappa shape index (κ2) is 12.1. The molecule has 0 aliphatic carbocycles. The highest BCUT2D eigenvalue weighted by Crippen LogP contribution is 2.28. The van der Waals surface area contributed by atoms with Crippen molar-refractivity contribution in [2.75, 3.05) is 40.4 Å². The number of methoxy groups -OCH3 is 2. The van der Waals surface area contributed by atoms with E-state index in [2.05, 4.69) is 34.1 Å². The summed E-state index contributed by atoms with van der Waals surface area (Å²) in [7, 11) is 3.34. The summed E-state index contributed by atoms with van der Waals surface area (Å²) in [6, 6.07) is 14.3. The summed E-state index contributed by atoms with van der Waals surface area (Å²) < 4.78 is 10.7. The SMILES string of the molecule is COc1ccc(CN2CCN(Cc3ccc(Cl)cc3)CC2)cc1OC.O=C(O)C(=O)O. The standard InChI is InChI=1S/C20H25ClN2O2.C2H2O4/c1-24-19-8-5-17(13-20(19)25-2)15-23-11-9-22(10-12-23)14-16-3-6-18(21)7-4-16;3-1(4)2(5)6/h3-8,13H,9-12,14-15H2,1-2H3;(H,3,4)(H,5,6). The highest BCUT2D eigenvalue weighted by Gasteiger charge is 2.17. The van der Waals surface area contributed by atoms with Gasteiger partial charge >= 0.3 is 11.9 Å². The first-order chi connectivity index (χ1) is 14.8. The molecule has 0 bridgehead atoms. The van der Waals surface area contributed by atoms with Crippen LogP contribution in [0.3, 0.4) is 0 Å². The minimum absolute atomic E-state index is 0.777. The Morgan fingerprint density at radius 3 is 1.71 bits per heavy atom. The first-order valence-corrected chi connectivity index (χ1v) is 10.1. The molecular formula is C22H27ClN2O6. The number of ether oxygens (including phenoxy) is 2. The van der Waals surface area contributed by atoms with Crippen molar-refractivity contribution in [1.29, 1.82) is 0 Å². The van der Waals surface area contributed by atoms with E-state index in [9.17, 15) is 0 Å².